The molecule has 0 aliphatic carbocycles. The van der Waals surface area contributed by atoms with Crippen molar-refractivity contribution in [1.82, 2.24) is 25.9 Å². The standard InChI is InChI=1S/C16H24N6O2/c1-10(2)8-13(15-19-21-22-20-15)18-16(24)14(23)12(17)9-11-6-4-3-5-7-11/h3-7,10,12-14,23H,8-9,17H2,1-2H3,(H,18,24)(H,19,20,21,22)/t12-,13+,14+/m1/s1. The summed E-state index contributed by atoms with van der Waals surface area (Å²) in [6.07, 6.45) is -0.257. The number of tetrazole rings is 1. The predicted octanol–water partition coefficient (Wildman–Crippen LogP) is 0.334. The van der Waals surface area contributed by atoms with Crippen LogP contribution in [0, 0.1) is 5.92 Å². The lowest BCUT2D eigenvalue weighted by Gasteiger charge is -2.23. The maximum atomic E-state index is 12.3. The van der Waals surface area contributed by atoms with Gasteiger partial charge in [-0.2, -0.15) is 0 Å². The number of hydrogen-bond donors (Lipinski definition) is 4. The minimum absolute atomic E-state index is 0.315. The van der Waals surface area contributed by atoms with Crippen molar-refractivity contribution < 1.29 is 9.90 Å². The first-order valence-corrected chi connectivity index (χ1v) is 7.99. The van der Waals surface area contributed by atoms with Gasteiger partial charge in [0.1, 0.15) is 6.10 Å². The maximum absolute atomic E-state index is 12.3. The summed E-state index contributed by atoms with van der Waals surface area (Å²) >= 11 is 0. The number of rotatable bonds is 8. The zero-order valence-electron chi connectivity index (χ0n) is 13.9. The van der Waals surface area contributed by atoms with E-state index in [1.54, 1.807) is 0 Å². The minimum atomic E-state index is -1.31. The highest BCUT2D eigenvalue weighted by Crippen LogP contribution is 2.17. The molecule has 2 rings (SSSR count). The number of amides is 1. The summed E-state index contributed by atoms with van der Waals surface area (Å²) in [6, 6.07) is 8.42. The SMILES string of the molecule is CC(C)C[C@H](NC(=O)[C@@H](O)[C@H](N)Cc1ccccc1)c1nnn[nH]1. The van der Waals surface area contributed by atoms with Crippen LogP contribution in [0.4, 0.5) is 0 Å². The Balaban J connectivity index is 1.97. The van der Waals surface area contributed by atoms with E-state index in [4.69, 9.17) is 5.73 Å². The van der Waals surface area contributed by atoms with Gasteiger partial charge in [0.15, 0.2) is 5.82 Å². The lowest BCUT2D eigenvalue weighted by Crippen LogP contribution is -2.48. The molecule has 1 aromatic carbocycles. The Kier molecular flexibility index (Phi) is 6.39. The molecule has 24 heavy (non-hydrogen) atoms. The van der Waals surface area contributed by atoms with E-state index in [1.165, 1.54) is 0 Å². The molecule has 0 radical (unpaired) electrons. The van der Waals surface area contributed by atoms with E-state index in [2.05, 4.69) is 25.9 Å². The van der Waals surface area contributed by atoms with Crippen LogP contribution in [0.3, 0.4) is 0 Å². The Labute approximate surface area is 140 Å². The van der Waals surface area contributed by atoms with Gasteiger partial charge in [0.05, 0.1) is 6.04 Å². The number of aliphatic hydroxyl groups excluding tert-OH is 1. The summed E-state index contributed by atoms with van der Waals surface area (Å²) in [6.45, 7) is 4.06. The lowest BCUT2D eigenvalue weighted by atomic mass is 10.00. The molecule has 0 aliphatic heterocycles. The van der Waals surface area contributed by atoms with Gasteiger partial charge in [-0.25, -0.2) is 5.10 Å². The molecule has 1 amide bonds. The van der Waals surface area contributed by atoms with Crippen molar-refractivity contribution in [3.63, 3.8) is 0 Å². The first-order valence-electron chi connectivity index (χ1n) is 7.99. The molecule has 130 valence electrons. The molecule has 3 atom stereocenters. The molecule has 1 heterocycles. The molecule has 0 aliphatic rings. The molecular formula is C16H24N6O2. The van der Waals surface area contributed by atoms with E-state index in [0.29, 0.717) is 24.6 Å². The number of carbonyl (C=O) groups excluding carboxylic acids is 1. The van der Waals surface area contributed by atoms with E-state index < -0.39 is 24.1 Å². The Morgan fingerprint density at radius 1 is 1.33 bits per heavy atom. The van der Waals surface area contributed by atoms with Crippen LogP contribution in [0.2, 0.25) is 0 Å². The first-order chi connectivity index (χ1) is 11.5. The van der Waals surface area contributed by atoms with Crippen molar-refractivity contribution in [1.29, 1.82) is 0 Å². The van der Waals surface area contributed by atoms with Crippen LogP contribution in [-0.4, -0.2) is 43.8 Å². The van der Waals surface area contributed by atoms with Crippen LogP contribution in [0.15, 0.2) is 30.3 Å². The third-order valence-electron chi connectivity index (χ3n) is 3.70. The average Bonchev–Trinajstić information content (AvgIpc) is 3.08. The van der Waals surface area contributed by atoms with Crippen LogP contribution in [0.1, 0.15) is 37.7 Å². The number of aromatic amines is 1. The van der Waals surface area contributed by atoms with Crippen LogP contribution >= 0.6 is 0 Å². The van der Waals surface area contributed by atoms with E-state index in [-0.39, 0.29) is 0 Å². The first kappa shape index (κ1) is 18.0. The van der Waals surface area contributed by atoms with E-state index >= 15 is 0 Å². The van der Waals surface area contributed by atoms with Gasteiger partial charge < -0.3 is 16.2 Å². The van der Waals surface area contributed by atoms with E-state index in [9.17, 15) is 9.90 Å². The number of aromatic nitrogens is 4. The van der Waals surface area contributed by atoms with Crippen molar-refractivity contribution >= 4 is 5.91 Å². The van der Waals surface area contributed by atoms with E-state index in [1.807, 2.05) is 44.2 Å². The van der Waals surface area contributed by atoms with Crippen molar-refractivity contribution in [2.24, 2.45) is 11.7 Å². The quantitative estimate of drug-likeness (QED) is 0.551. The molecule has 8 heteroatoms. The zero-order valence-corrected chi connectivity index (χ0v) is 13.9. The van der Waals surface area contributed by atoms with Crippen molar-refractivity contribution in [3.05, 3.63) is 41.7 Å². The molecule has 0 bridgehead atoms. The van der Waals surface area contributed by atoms with Gasteiger partial charge in [-0.05, 0) is 34.7 Å². The summed E-state index contributed by atoms with van der Waals surface area (Å²) in [5.74, 6) is 0.247. The van der Waals surface area contributed by atoms with Gasteiger partial charge in [-0.1, -0.05) is 44.2 Å². The minimum Gasteiger partial charge on any atom is -0.382 e. The molecule has 0 unspecified atom stereocenters. The molecule has 0 saturated heterocycles. The molecule has 2 aromatic rings. The number of nitrogens with two attached hydrogens (primary N) is 1. The molecule has 0 saturated carbocycles. The lowest BCUT2D eigenvalue weighted by molar-refractivity contribution is -0.131. The Morgan fingerprint density at radius 3 is 2.62 bits per heavy atom. The van der Waals surface area contributed by atoms with Crippen LogP contribution in [0.25, 0.3) is 0 Å². The zero-order chi connectivity index (χ0) is 17.5. The maximum Gasteiger partial charge on any atom is 0.251 e. The average molecular weight is 332 g/mol. The second-order valence-corrected chi connectivity index (χ2v) is 6.28. The number of nitrogens with one attached hydrogen (secondary N) is 2. The van der Waals surface area contributed by atoms with Crippen LogP contribution in [0.5, 0.6) is 0 Å². The fraction of sp³-hybridized carbons (Fsp3) is 0.500. The molecular weight excluding hydrogens is 308 g/mol. The molecule has 0 spiro atoms. The fourth-order valence-corrected chi connectivity index (χ4v) is 2.47. The number of benzene rings is 1. The highest BCUT2D eigenvalue weighted by Gasteiger charge is 2.27. The third-order valence-corrected chi connectivity index (χ3v) is 3.70. The van der Waals surface area contributed by atoms with Gasteiger partial charge in [0, 0.05) is 6.04 Å². The topological polar surface area (TPSA) is 130 Å². The number of nitrogens with zero attached hydrogens (tertiary/aromatic N) is 3. The van der Waals surface area contributed by atoms with Crippen molar-refractivity contribution in [2.75, 3.05) is 0 Å². The summed E-state index contributed by atoms with van der Waals surface area (Å²) in [4.78, 5) is 12.3. The van der Waals surface area contributed by atoms with E-state index in [0.717, 1.165) is 5.56 Å². The fourth-order valence-electron chi connectivity index (χ4n) is 2.47. The molecule has 0 fully saturated rings. The monoisotopic (exact) mass is 332 g/mol. The van der Waals surface area contributed by atoms with Gasteiger partial charge in [-0.3, -0.25) is 4.79 Å². The van der Waals surface area contributed by atoms with Crippen molar-refractivity contribution in [2.45, 2.75) is 44.9 Å². The Bertz CT molecular complexity index is 617. The number of hydrogen-bond acceptors (Lipinski definition) is 6. The summed E-state index contributed by atoms with van der Waals surface area (Å²) < 4.78 is 0. The summed E-state index contributed by atoms with van der Waals surface area (Å²) in [5.41, 5.74) is 6.95. The number of aliphatic hydroxyl groups is 1. The second-order valence-electron chi connectivity index (χ2n) is 6.28. The highest BCUT2D eigenvalue weighted by molar-refractivity contribution is 5.81. The second kappa shape index (κ2) is 8.51. The normalized spacial score (nSPS) is 15.0. The highest BCUT2D eigenvalue weighted by atomic mass is 16.3. The van der Waals surface area contributed by atoms with Gasteiger partial charge >= 0.3 is 0 Å². The smallest absolute Gasteiger partial charge is 0.251 e. The van der Waals surface area contributed by atoms with Gasteiger partial charge in [0.2, 0.25) is 0 Å². The molecule has 5 N–H and O–H groups in total. The summed E-state index contributed by atoms with van der Waals surface area (Å²) in [7, 11) is 0. The Hall–Kier alpha value is -2.32. The number of carbonyl (C=O) groups is 1. The van der Waals surface area contributed by atoms with Crippen LogP contribution < -0.4 is 11.1 Å². The van der Waals surface area contributed by atoms with Crippen LogP contribution in [-0.2, 0) is 11.2 Å². The number of H-pyrrole nitrogens is 1. The van der Waals surface area contributed by atoms with Gasteiger partial charge in [-0.15, -0.1) is 5.10 Å². The molecule has 8 nitrogen and oxygen atoms in total. The largest absolute Gasteiger partial charge is 0.382 e. The van der Waals surface area contributed by atoms with Gasteiger partial charge in [0.25, 0.3) is 5.91 Å². The van der Waals surface area contributed by atoms with Crippen molar-refractivity contribution in [3.8, 4) is 0 Å². The molecule has 1 aromatic heterocycles. The Morgan fingerprint density at radius 2 is 2.04 bits per heavy atom. The summed E-state index contributed by atoms with van der Waals surface area (Å²) in [5, 5.41) is 26.6. The predicted molar refractivity (Wildman–Crippen MR) is 88.6 cm³/mol. The third kappa shape index (κ3) is 5.10.